The first-order chi connectivity index (χ1) is 13.4. The summed E-state index contributed by atoms with van der Waals surface area (Å²) in [4.78, 5) is 23.2. The van der Waals surface area contributed by atoms with Crippen LogP contribution in [-0.4, -0.2) is 96.4 Å². The fourth-order valence-electron chi connectivity index (χ4n) is 2.27. The van der Waals surface area contributed by atoms with Gasteiger partial charge in [-0.1, -0.05) is 0 Å². The van der Waals surface area contributed by atoms with E-state index in [-0.39, 0.29) is 24.2 Å². The van der Waals surface area contributed by atoms with Crippen molar-refractivity contribution in [1.29, 1.82) is 0 Å². The second kappa shape index (κ2) is 16.8. The summed E-state index contributed by atoms with van der Waals surface area (Å²) in [5.74, 6) is -1.28. The molecule has 0 aliphatic carbocycles. The van der Waals surface area contributed by atoms with Gasteiger partial charge in [0.15, 0.2) is 0 Å². The number of carbonyl (C=O) groups excluding carboxylic acids is 2. The Bertz CT molecular complexity index is 423. The third-order valence-corrected chi connectivity index (χ3v) is 9.63. The lowest BCUT2D eigenvalue weighted by Crippen LogP contribution is -2.42. The summed E-state index contributed by atoms with van der Waals surface area (Å²) in [6.07, 6.45) is 3.06. The van der Waals surface area contributed by atoms with E-state index in [1.165, 1.54) is 42.7 Å². The lowest BCUT2D eigenvalue weighted by atomic mass is 10.4. The van der Waals surface area contributed by atoms with Crippen molar-refractivity contribution in [1.82, 2.24) is 0 Å². The molecule has 0 amide bonds. The molecule has 0 heterocycles. The summed E-state index contributed by atoms with van der Waals surface area (Å²) in [7, 11) is 3.74. The standard InChI is InChI=1S/C16H32O10Si2.H4Si/c1-19-27(20-2,21-3)13-7-11-25-15(17)9-10-16(18)26-12-8-14-28(22-4,23-5)24-6;/h9-10H,7-8,11-14H2,1-6H3;1H4. The zero-order valence-corrected chi connectivity index (χ0v) is 19.5. The van der Waals surface area contributed by atoms with E-state index < -0.39 is 29.5 Å². The molecular formula is C16H36O10Si3. The van der Waals surface area contributed by atoms with Crippen molar-refractivity contribution in [3.63, 3.8) is 0 Å². The Labute approximate surface area is 179 Å². The van der Waals surface area contributed by atoms with E-state index in [0.29, 0.717) is 24.9 Å². The Morgan fingerprint density at radius 2 is 0.897 bits per heavy atom. The van der Waals surface area contributed by atoms with Crippen LogP contribution in [0.4, 0.5) is 0 Å². The van der Waals surface area contributed by atoms with Crippen LogP contribution in [0.2, 0.25) is 12.1 Å². The van der Waals surface area contributed by atoms with E-state index >= 15 is 0 Å². The van der Waals surface area contributed by atoms with Crippen LogP contribution in [0.15, 0.2) is 12.2 Å². The highest BCUT2D eigenvalue weighted by Gasteiger charge is 2.37. The van der Waals surface area contributed by atoms with Gasteiger partial charge in [-0.05, 0) is 23.8 Å². The zero-order chi connectivity index (χ0) is 21.5. The maximum atomic E-state index is 11.6. The summed E-state index contributed by atoms with van der Waals surface area (Å²) in [5.41, 5.74) is 0. The van der Waals surface area contributed by atoms with Gasteiger partial charge in [-0.15, -0.1) is 0 Å². The first-order valence-electron chi connectivity index (χ1n) is 8.69. The average Bonchev–Trinajstić information content (AvgIpc) is 2.73. The number of hydrogen-bond donors (Lipinski definition) is 0. The molecule has 13 heteroatoms. The van der Waals surface area contributed by atoms with Crippen LogP contribution in [0.3, 0.4) is 0 Å². The maximum absolute atomic E-state index is 11.6. The number of hydrogen-bond acceptors (Lipinski definition) is 10. The molecule has 0 aromatic heterocycles. The van der Waals surface area contributed by atoms with Gasteiger partial charge in [0.05, 0.1) is 13.2 Å². The van der Waals surface area contributed by atoms with E-state index in [2.05, 4.69) is 0 Å². The summed E-state index contributed by atoms with van der Waals surface area (Å²) in [6, 6.07) is 1.01. The number of esters is 2. The lowest BCUT2D eigenvalue weighted by molar-refractivity contribution is -0.140. The molecule has 0 rings (SSSR count). The molecule has 0 saturated carbocycles. The summed E-state index contributed by atoms with van der Waals surface area (Å²) < 4.78 is 41.6. The van der Waals surface area contributed by atoms with E-state index in [1.54, 1.807) is 0 Å². The molecule has 10 nitrogen and oxygen atoms in total. The third kappa shape index (κ3) is 11.8. The molecule has 0 radical (unpaired) electrons. The minimum absolute atomic E-state index is 0. The number of carbonyl (C=O) groups is 2. The van der Waals surface area contributed by atoms with Gasteiger partial charge in [-0.3, -0.25) is 0 Å². The first-order valence-corrected chi connectivity index (χ1v) is 12.5. The molecule has 0 bridgehead atoms. The van der Waals surface area contributed by atoms with Gasteiger partial charge in [-0.25, -0.2) is 9.59 Å². The van der Waals surface area contributed by atoms with Crippen molar-refractivity contribution in [3.05, 3.63) is 12.2 Å². The Morgan fingerprint density at radius 1 is 0.621 bits per heavy atom. The summed E-state index contributed by atoms with van der Waals surface area (Å²) in [5, 5.41) is 0. The normalized spacial score (nSPS) is 11.9. The van der Waals surface area contributed by atoms with Crippen molar-refractivity contribution in [3.8, 4) is 0 Å². The van der Waals surface area contributed by atoms with Crippen molar-refractivity contribution >= 4 is 40.5 Å². The number of rotatable bonds is 16. The fraction of sp³-hybridized carbons (Fsp3) is 0.750. The van der Waals surface area contributed by atoms with Crippen LogP contribution >= 0.6 is 0 Å². The Hall–Kier alpha value is -0.909. The topological polar surface area (TPSA) is 108 Å². The third-order valence-electron chi connectivity index (χ3n) is 3.96. The average molecular weight is 473 g/mol. The molecule has 0 aliphatic heterocycles. The van der Waals surface area contributed by atoms with Crippen LogP contribution in [0, 0.1) is 0 Å². The SMILES string of the molecule is CO[Si](CCCOC(=O)C=CC(=O)OCCC[Si](OC)(OC)OC)(OC)OC.[SiH4]. The largest absolute Gasteiger partial charge is 0.500 e. The highest BCUT2D eigenvalue weighted by atomic mass is 28.4. The highest BCUT2D eigenvalue weighted by Crippen LogP contribution is 2.15. The molecule has 0 N–H and O–H groups in total. The van der Waals surface area contributed by atoms with Gasteiger partial charge in [0.25, 0.3) is 0 Å². The predicted molar refractivity (Wildman–Crippen MR) is 115 cm³/mol. The van der Waals surface area contributed by atoms with Gasteiger partial charge >= 0.3 is 29.5 Å². The Morgan fingerprint density at radius 3 is 1.14 bits per heavy atom. The van der Waals surface area contributed by atoms with Gasteiger partial charge in [0.2, 0.25) is 0 Å². The smallest absolute Gasteiger partial charge is 0.463 e. The van der Waals surface area contributed by atoms with Crippen molar-refractivity contribution in [2.45, 2.75) is 24.9 Å². The molecule has 0 atom stereocenters. The van der Waals surface area contributed by atoms with Gasteiger partial charge in [0, 0.05) is 66.9 Å². The minimum Gasteiger partial charge on any atom is -0.463 e. The molecule has 0 aliphatic rings. The molecule has 0 fully saturated rings. The van der Waals surface area contributed by atoms with E-state index in [1.807, 2.05) is 0 Å². The molecule has 29 heavy (non-hydrogen) atoms. The molecule has 0 saturated heterocycles. The molecular weight excluding hydrogens is 436 g/mol. The maximum Gasteiger partial charge on any atom is 0.500 e. The second-order valence-electron chi connectivity index (χ2n) is 5.47. The van der Waals surface area contributed by atoms with Gasteiger partial charge in [-0.2, -0.15) is 0 Å². The van der Waals surface area contributed by atoms with Crippen molar-refractivity contribution in [2.24, 2.45) is 0 Å². The van der Waals surface area contributed by atoms with E-state index in [9.17, 15) is 9.59 Å². The van der Waals surface area contributed by atoms with Crippen molar-refractivity contribution < 1.29 is 45.6 Å². The van der Waals surface area contributed by atoms with Crippen LogP contribution < -0.4 is 0 Å². The van der Waals surface area contributed by atoms with Crippen LogP contribution in [0.1, 0.15) is 12.8 Å². The molecule has 0 spiro atoms. The highest BCUT2D eigenvalue weighted by molar-refractivity contribution is 6.60. The molecule has 172 valence electrons. The van der Waals surface area contributed by atoms with Gasteiger partial charge < -0.3 is 36.0 Å². The van der Waals surface area contributed by atoms with Crippen LogP contribution in [0.5, 0.6) is 0 Å². The van der Waals surface area contributed by atoms with E-state index in [4.69, 9.17) is 36.0 Å². The monoisotopic (exact) mass is 472 g/mol. The number of ether oxygens (including phenoxy) is 2. The molecule has 0 aromatic rings. The predicted octanol–water partition coefficient (Wildman–Crippen LogP) is -0.286. The van der Waals surface area contributed by atoms with Crippen LogP contribution in [-0.2, 0) is 45.6 Å². The molecule has 0 aromatic carbocycles. The Balaban J connectivity index is 0. The van der Waals surface area contributed by atoms with E-state index in [0.717, 1.165) is 12.2 Å². The Kier molecular flexibility index (Phi) is 17.6. The zero-order valence-electron chi connectivity index (χ0n) is 17.5. The second-order valence-corrected chi connectivity index (χ2v) is 11.6. The summed E-state index contributed by atoms with van der Waals surface area (Å²) in [6.45, 7) is 0.307. The lowest BCUT2D eigenvalue weighted by Gasteiger charge is -2.24. The minimum atomic E-state index is -2.67. The first kappa shape index (κ1) is 30.3. The van der Waals surface area contributed by atoms with Crippen molar-refractivity contribution in [2.75, 3.05) is 55.9 Å². The van der Waals surface area contributed by atoms with Crippen LogP contribution in [0.25, 0.3) is 0 Å². The summed E-state index contributed by atoms with van der Waals surface area (Å²) >= 11 is 0. The fourth-order valence-corrected chi connectivity index (χ4v) is 5.65. The quantitative estimate of drug-likeness (QED) is 0.129. The van der Waals surface area contributed by atoms with Gasteiger partial charge in [0.1, 0.15) is 0 Å². The molecule has 0 unspecified atom stereocenters.